The third kappa shape index (κ3) is 3.70. The Labute approximate surface area is 121 Å². The Balaban J connectivity index is 2.00. The van der Waals surface area contributed by atoms with E-state index in [-0.39, 0.29) is 18.0 Å². The maximum atomic E-state index is 11.9. The van der Waals surface area contributed by atoms with Crippen molar-refractivity contribution < 1.29 is 14.6 Å². The molecule has 6 nitrogen and oxygen atoms in total. The number of aliphatic hydroxyl groups excluding tert-OH is 1. The van der Waals surface area contributed by atoms with E-state index >= 15 is 0 Å². The first-order valence-electron chi connectivity index (χ1n) is 6.39. The highest BCUT2D eigenvalue weighted by Gasteiger charge is 2.14. The fourth-order valence-electron chi connectivity index (χ4n) is 1.89. The number of hydrogen-bond donors (Lipinski definition) is 3. The average molecular weight is 288 g/mol. The van der Waals surface area contributed by atoms with Crippen LogP contribution in [0.25, 0.3) is 0 Å². The maximum absolute atomic E-state index is 11.9. The summed E-state index contributed by atoms with van der Waals surface area (Å²) in [5, 5.41) is 12.7. The molecule has 110 valence electrons. The smallest absolute Gasteiger partial charge is 0.252 e. The predicted molar refractivity (Wildman–Crippen MR) is 77.3 cm³/mol. The van der Waals surface area contributed by atoms with Crippen molar-refractivity contribution in [2.75, 3.05) is 13.7 Å². The lowest BCUT2D eigenvalue weighted by Gasteiger charge is -2.15. The Morgan fingerprint density at radius 1 is 1.33 bits per heavy atom. The Bertz CT molecular complexity index is 661. The van der Waals surface area contributed by atoms with Gasteiger partial charge in [-0.15, -0.1) is 0 Å². The minimum absolute atomic E-state index is 0.0400. The number of H-pyrrole nitrogens is 1. The zero-order valence-corrected chi connectivity index (χ0v) is 11.5. The summed E-state index contributed by atoms with van der Waals surface area (Å²) in [6.45, 7) is 0.0400. The number of hydrogen-bond acceptors (Lipinski definition) is 4. The number of ether oxygens (including phenoxy) is 1. The largest absolute Gasteiger partial charge is 0.496 e. The van der Waals surface area contributed by atoms with Crippen molar-refractivity contribution in [2.45, 2.75) is 6.10 Å². The standard InChI is InChI=1S/C15H16N2O4/c1-21-13-5-3-2-4-11(13)12(18)9-17-15(20)10-6-7-14(19)16-8-10/h2-8,12,18H,9H2,1H3,(H,16,19)(H,17,20). The minimum Gasteiger partial charge on any atom is -0.496 e. The Morgan fingerprint density at radius 3 is 2.76 bits per heavy atom. The number of nitrogens with one attached hydrogen (secondary N) is 2. The first-order valence-corrected chi connectivity index (χ1v) is 6.39. The normalized spacial score (nSPS) is 11.7. The number of carbonyl (C=O) groups excluding carboxylic acids is 1. The highest BCUT2D eigenvalue weighted by atomic mass is 16.5. The molecule has 1 unspecified atom stereocenters. The second-order valence-electron chi connectivity index (χ2n) is 4.41. The van der Waals surface area contributed by atoms with E-state index in [1.807, 2.05) is 0 Å². The maximum Gasteiger partial charge on any atom is 0.252 e. The molecule has 1 atom stereocenters. The summed E-state index contributed by atoms with van der Waals surface area (Å²) in [6, 6.07) is 9.74. The molecular formula is C15H16N2O4. The van der Waals surface area contributed by atoms with E-state index < -0.39 is 6.10 Å². The number of aliphatic hydroxyl groups is 1. The lowest BCUT2D eigenvalue weighted by Crippen LogP contribution is -2.29. The molecule has 0 bridgehead atoms. The highest BCUT2D eigenvalue weighted by molar-refractivity contribution is 5.93. The summed E-state index contributed by atoms with van der Waals surface area (Å²) in [4.78, 5) is 25.2. The SMILES string of the molecule is COc1ccccc1C(O)CNC(=O)c1ccc(=O)[nH]c1. The molecule has 2 rings (SSSR count). The van der Waals surface area contributed by atoms with Gasteiger partial charge in [-0.05, 0) is 12.1 Å². The summed E-state index contributed by atoms with van der Waals surface area (Å²) >= 11 is 0. The summed E-state index contributed by atoms with van der Waals surface area (Å²) in [7, 11) is 1.52. The molecule has 1 amide bonds. The van der Waals surface area contributed by atoms with Crippen molar-refractivity contribution >= 4 is 5.91 Å². The fraction of sp³-hybridized carbons (Fsp3) is 0.200. The van der Waals surface area contributed by atoms with Gasteiger partial charge in [0.25, 0.3) is 5.91 Å². The number of benzene rings is 1. The van der Waals surface area contributed by atoms with Crippen molar-refractivity contribution in [2.24, 2.45) is 0 Å². The Morgan fingerprint density at radius 2 is 2.10 bits per heavy atom. The molecule has 0 fully saturated rings. The number of rotatable bonds is 5. The van der Waals surface area contributed by atoms with Crippen molar-refractivity contribution in [3.8, 4) is 5.75 Å². The summed E-state index contributed by atoms with van der Waals surface area (Å²) in [5.74, 6) is 0.184. The second kappa shape index (κ2) is 6.71. The molecule has 0 aliphatic carbocycles. The number of aromatic amines is 1. The molecule has 0 spiro atoms. The van der Waals surface area contributed by atoms with Gasteiger partial charge >= 0.3 is 0 Å². The molecule has 1 aromatic carbocycles. The van der Waals surface area contributed by atoms with Crippen LogP contribution in [0.2, 0.25) is 0 Å². The van der Waals surface area contributed by atoms with Gasteiger partial charge in [-0.1, -0.05) is 18.2 Å². The number of aromatic nitrogens is 1. The van der Waals surface area contributed by atoms with Crippen LogP contribution in [0.4, 0.5) is 0 Å². The van der Waals surface area contributed by atoms with Crippen LogP contribution in [0.3, 0.4) is 0 Å². The third-order valence-electron chi connectivity index (χ3n) is 3.00. The summed E-state index contributed by atoms with van der Waals surface area (Å²) < 4.78 is 5.16. The van der Waals surface area contributed by atoms with E-state index in [4.69, 9.17) is 4.74 Å². The van der Waals surface area contributed by atoms with E-state index in [2.05, 4.69) is 10.3 Å². The van der Waals surface area contributed by atoms with Crippen LogP contribution in [0.5, 0.6) is 5.75 Å². The molecule has 0 aliphatic rings. The average Bonchev–Trinajstić information content (AvgIpc) is 2.52. The van der Waals surface area contributed by atoms with Gasteiger partial charge < -0.3 is 20.1 Å². The number of para-hydroxylation sites is 1. The molecule has 0 aliphatic heterocycles. The second-order valence-corrected chi connectivity index (χ2v) is 4.41. The first-order chi connectivity index (χ1) is 10.1. The van der Waals surface area contributed by atoms with E-state index in [1.54, 1.807) is 24.3 Å². The first kappa shape index (κ1) is 14.8. The van der Waals surface area contributed by atoms with Crippen LogP contribution < -0.4 is 15.6 Å². The summed E-state index contributed by atoms with van der Waals surface area (Å²) in [5.41, 5.74) is 0.643. The van der Waals surface area contributed by atoms with E-state index in [1.165, 1.54) is 25.4 Å². The summed E-state index contributed by atoms with van der Waals surface area (Å²) in [6.07, 6.45) is 0.445. The molecule has 21 heavy (non-hydrogen) atoms. The van der Waals surface area contributed by atoms with E-state index in [0.717, 1.165) is 0 Å². The fourth-order valence-corrected chi connectivity index (χ4v) is 1.89. The monoisotopic (exact) mass is 288 g/mol. The van der Waals surface area contributed by atoms with Crippen LogP contribution in [0.1, 0.15) is 22.0 Å². The van der Waals surface area contributed by atoms with Crippen molar-refractivity contribution in [3.05, 3.63) is 64.1 Å². The van der Waals surface area contributed by atoms with Gasteiger partial charge in [-0.25, -0.2) is 0 Å². The number of pyridine rings is 1. The van der Waals surface area contributed by atoms with Crippen LogP contribution in [0, 0.1) is 0 Å². The molecule has 1 heterocycles. The van der Waals surface area contributed by atoms with Gasteiger partial charge in [0.1, 0.15) is 5.75 Å². The molecule has 3 N–H and O–H groups in total. The van der Waals surface area contributed by atoms with Gasteiger partial charge in [-0.2, -0.15) is 0 Å². The Kier molecular flexibility index (Phi) is 4.73. The zero-order valence-electron chi connectivity index (χ0n) is 11.5. The molecule has 2 aromatic rings. The lowest BCUT2D eigenvalue weighted by molar-refractivity contribution is 0.0914. The topological polar surface area (TPSA) is 91.4 Å². The third-order valence-corrected chi connectivity index (χ3v) is 3.00. The molecule has 0 radical (unpaired) electrons. The number of carbonyl (C=O) groups is 1. The number of methoxy groups -OCH3 is 1. The lowest BCUT2D eigenvalue weighted by atomic mass is 10.1. The Hall–Kier alpha value is -2.60. The highest BCUT2D eigenvalue weighted by Crippen LogP contribution is 2.23. The molecule has 0 saturated carbocycles. The van der Waals surface area contributed by atoms with Crippen LogP contribution in [0.15, 0.2) is 47.4 Å². The van der Waals surface area contributed by atoms with Crippen molar-refractivity contribution in [3.63, 3.8) is 0 Å². The van der Waals surface area contributed by atoms with Crippen LogP contribution >= 0.6 is 0 Å². The van der Waals surface area contributed by atoms with E-state index in [9.17, 15) is 14.7 Å². The molecule has 6 heteroatoms. The minimum atomic E-state index is -0.882. The van der Waals surface area contributed by atoms with Crippen molar-refractivity contribution in [1.82, 2.24) is 10.3 Å². The van der Waals surface area contributed by atoms with Gasteiger partial charge in [0, 0.05) is 24.4 Å². The van der Waals surface area contributed by atoms with Crippen molar-refractivity contribution in [1.29, 1.82) is 0 Å². The van der Waals surface area contributed by atoms with Gasteiger partial charge in [0.05, 0.1) is 18.8 Å². The van der Waals surface area contributed by atoms with Crippen LogP contribution in [-0.2, 0) is 0 Å². The van der Waals surface area contributed by atoms with E-state index in [0.29, 0.717) is 16.9 Å². The quantitative estimate of drug-likeness (QED) is 0.760. The van der Waals surface area contributed by atoms with Gasteiger partial charge in [0.15, 0.2) is 0 Å². The molecular weight excluding hydrogens is 272 g/mol. The van der Waals surface area contributed by atoms with Gasteiger partial charge in [-0.3, -0.25) is 9.59 Å². The van der Waals surface area contributed by atoms with Gasteiger partial charge in [0.2, 0.25) is 5.56 Å². The number of amides is 1. The molecule has 1 aromatic heterocycles. The zero-order chi connectivity index (χ0) is 15.2. The molecule has 0 saturated heterocycles. The predicted octanol–water partition coefficient (Wildman–Crippen LogP) is 0.847. The van der Waals surface area contributed by atoms with Crippen LogP contribution in [-0.4, -0.2) is 29.7 Å².